The average Bonchev–Trinajstić information content (AvgIpc) is 2.77. The van der Waals surface area contributed by atoms with E-state index in [-0.39, 0.29) is 11.7 Å². The zero-order valence-corrected chi connectivity index (χ0v) is 13.7. The fourth-order valence-corrected chi connectivity index (χ4v) is 2.83. The topological polar surface area (TPSA) is 56.2 Å². The van der Waals surface area contributed by atoms with Gasteiger partial charge in [0, 0.05) is 17.4 Å². The van der Waals surface area contributed by atoms with Gasteiger partial charge in [-0.05, 0) is 44.4 Å². The van der Waals surface area contributed by atoms with Crippen molar-refractivity contribution in [3.8, 4) is 0 Å². The molecule has 1 heterocycles. The van der Waals surface area contributed by atoms with E-state index in [1.807, 2.05) is 19.9 Å². The van der Waals surface area contributed by atoms with Crippen molar-refractivity contribution in [1.82, 2.24) is 0 Å². The third-order valence-electron chi connectivity index (χ3n) is 3.93. The van der Waals surface area contributed by atoms with Gasteiger partial charge in [-0.3, -0.25) is 5.14 Å². The Labute approximate surface area is 127 Å². The Morgan fingerprint density at radius 3 is 2.57 bits per heavy atom. The molecule has 0 aliphatic rings. The van der Waals surface area contributed by atoms with Crippen molar-refractivity contribution < 1.29 is 13.0 Å². The van der Waals surface area contributed by atoms with Crippen molar-refractivity contribution in [2.45, 2.75) is 44.8 Å². The summed E-state index contributed by atoms with van der Waals surface area (Å²) in [7, 11) is -1.41. The van der Waals surface area contributed by atoms with Gasteiger partial charge in [-0.2, -0.15) is 0 Å². The van der Waals surface area contributed by atoms with E-state index in [0.717, 1.165) is 11.1 Å². The molecule has 2 rings (SSSR count). The van der Waals surface area contributed by atoms with E-state index >= 15 is 0 Å². The smallest absolute Gasteiger partial charge is 0.137 e. The fourth-order valence-electron chi connectivity index (χ4n) is 2.48. The SMILES string of the molecule is CC(C)[C@@H](CC(C)(C)S(N)=O)c1cc2ccc(F)cc2o1. The van der Waals surface area contributed by atoms with Gasteiger partial charge in [-0.25, -0.2) is 8.60 Å². The lowest BCUT2D eigenvalue weighted by Crippen LogP contribution is -2.34. The van der Waals surface area contributed by atoms with Gasteiger partial charge in [0.2, 0.25) is 0 Å². The van der Waals surface area contributed by atoms with E-state index in [1.54, 1.807) is 6.07 Å². The van der Waals surface area contributed by atoms with Crippen LogP contribution in [0, 0.1) is 11.7 Å². The van der Waals surface area contributed by atoms with Crippen LogP contribution in [0.3, 0.4) is 0 Å². The summed E-state index contributed by atoms with van der Waals surface area (Å²) in [4.78, 5) is 0. The molecule has 2 N–H and O–H groups in total. The highest BCUT2D eigenvalue weighted by atomic mass is 32.2. The van der Waals surface area contributed by atoms with Gasteiger partial charge >= 0.3 is 0 Å². The molecule has 0 saturated heterocycles. The minimum Gasteiger partial charge on any atom is -0.461 e. The molecule has 0 amide bonds. The number of hydrogen-bond donors (Lipinski definition) is 1. The molecule has 1 unspecified atom stereocenters. The molecule has 0 bridgehead atoms. The molecule has 0 aliphatic heterocycles. The van der Waals surface area contributed by atoms with Gasteiger partial charge < -0.3 is 4.42 Å². The van der Waals surface area contributed by atoms with E-state index in [0.29, 0.717) is 17.9 Å². The van der Waals surface area contributed by atoms with Crippen LogP contribution in [0.5, 0.6) is 0 Å². The summed E-state index contributed by atoms with van der Waals surface area (Å²) < 4.78 is 30.3. The van der Waals surface area contributed by atoms with Crippen molar-refractivity contribution in [3.63, 3.8) is 0 Å². The van der Waals surface area contributed by atoms with Crippen molar-refractivity contribution in [2.75, 3.05) is 0 Å². The quantitative estimate of drug-likeness (QED) is 0.903. The molecular weight excluding hydrogens is 289 g/mol. The van der Waals surface area contributed by atoms with Crippen LogP contribution in [0.15, 0.2) is 28.7 Å². The molecule has 2 atom stereocenters. The zero-order valence-electron chi connectivity index (χ0n) is 12.9. The molecule has 0 spiro atoms. The van der Waals surface area contributed by atoms with E-state index in [1.165, 1.54) is 12.1 Å². The average molecular weight is 311 g/mol. The first-order chi connectivity index (χ1) is 9.70. The maximum atomic E-state index is 13.3. The molecule has 1 aromatic heterocycles. The molecule has 5 heteroatoms. The molecule has 0 aliphatic carbocycles. The standard InChI is InChI=1S/C16H22FNO2S/c1-10(2)13(9-16(3,4)21(18)19)15-7-11-5-6-12(17)8-14(11)20-15/h5-8,10,13H,9,18H2,1-4H3/t13-,21?/m1/s1. The Morgan fingerprint density at radius 1 is 1.33 bits per heavy atom. The molecule has 3 nitrogen and oxygen atoms in total. The molecular formula is C16H22FNO2S. The van der Waals surface area contributed by atoms with Gasteiger partial charge in [0.1, 0.15) is 17.2 Å². The summed E-state index contributed by atoms with van der Waals surface area (Å²) in [5, 5.41) is 6.46. The molecule has 116 valence electrons. The van der Waals surface area contributed by atoms with Gasteiger partial charge in [-0.15, -0.1) is 0 Å². The van der Waals surface area contributed by atoms with Crippen LogP contribution < -0.4 is 5.14 Å². The van der Waals surface area contributed by atoms with Crippen LogP contribution in [-0.2, 0) is 11.0 Å². The number of furan rings is 1. The van der Waals surface area contributed by atoms with E-state index in [9.17, 15) is 8.60 Å². The predicted octanol–water partition coefficient (Wildman–Crippen LogP) is 4.10. The van der Waals surface area contributed by atoms with Gasteiger partial charge in [-0.1, -0.05) is 13.8 Å². The Morgan fingerprint density at radius 2 is 2.00 bits per heavy atom. The lowest BCUT2D eigenvalue weighted by atomic mass is 9.85. The van der Waals surface area contributed by atoms with Crippen molar-refractivity contribution >= 4 is 22.0 Å². The Bertz CT molecular complexity index is 663. The molecule has 1 aromatic carbocycles. The molecule has 21 heavy (non-hydrogen) atoms. The largest absolute Gasteiger partial charge is 0.461 e. The minimum atomic E-state index is -1.41. The van der Waals surface area contributed by atoms with Crippen LogP contribution in [0.2, 0.25) is 0 Å². The summed E-state index contributed by atoms with van der Waals surface area (Å²) in [5.74, 6) is 0.873. The Balaban J connectivity index is 2.38. The molecule has 0 fully saturated rings. The van der Waals surface area contributed by atoms with Crippen LogP contribution in [0.25, 0.3) is 11.0 Å². The predicted molar refractivity (Wildman–Crippen MR) is 84.8 cm³/mol. The molecule has 2 aromatic rings. The maximum absolute atomic E-state index is 13.3. The van der Waals surface area contributed by atoms with E-state index in [4.69, 9.17) is 9.56 Å². The monoisotopic (exact) mass is 311 g/mol. The lowest BCUT2D eigenvalue weighted by Gasteiger charge is -2.28. The highest BCUT2D eigenvalue weighted by Gasteiger charge is 2.32. The van der Waals surface area contributed by atoms with Crippen LogP contribution >= 0.6 is 0 Å². The van der Waals surface area contributed by atoms with E-state index < -0.39 is 15.7 Å². The summed E-state index contributed by atoms with van der Waals surface area (Å²) in [5.41, 5.74) is 0.544. The van der Waals surface area contributed by atoms with Crippen LogP contribution in [0.4, 0.5) is 4.39 Å². The molecule has 0 radical (unpaired) electrons. The van der Waals surface area contributed by atoms with E-state index in [2.05, 4.69) is 13.8 Å². The van der Waals surface area contributed by atoms with Gasteiger partial charge in [0.05, 0.1) is 15.7 Å². The Hall–Kier alpha value is -1.20. The number of nitrogens with two attached hydrogens (primary N) is 1. The van der Waals surface area contributed by atoms with Crippen molar-refractivity contribution in [2.24, 2.45) is 11.1 Å². The second kappa shape index (κ2) is 5.89. The fraction of sp³-hybridized carbons (Fsp3) is 0.500. The number of hydrogen-bond acceptors (Lipinski definition) is 2. The third kappa shape index (κ3) is 3.52. The number of rotatable bonds is 5. The van der Waals surface area contributed by atoms with Crippen LogP contribution in [-0.4, -0.2) is 8.96 Å². The summed E-state index contributed by atoms with van der Waals surface area (Å²) >= 11 is 0. The highest BCUT2D eigenvalue weighted by molar-refractivity contribution is 7.84. The van der Waals surface area contributed by atoms with Gasteiger partial charge in [0.25, 0.3) is 0 Å². The normalized spacial score (nSPS) is 15.6. The minimum absolute atomic E-state index is 0.0861. The lowest BCUT2D eigenvalue weighted by molar-refractivity contribution is 0.363. The molecule has 0 saturated carbocycles. The summed E-state index contributed by atoms with van der Waals surface area (Å²) in [6.07, 6.45) is 0.649. The second-order valence-corrected chi connectivity index (χ2v) is 8.14. The first-order valence-corrected chi connectivity index (χ1v) is 8.27. The summed E-state index contributed by atoms with van der Waals surface area (Å²) in [6, 6.07) is 6.46. The van der Waals surface area contributed by atoms with Crippen LogP contribution in [0.1, 0.15) is 45.8 Å². The summed E-state index contributed by atoms with van der Waals surface area (Å²) in [6.45, 7) is 7.96. The van der Waals surface area contributed by atoms with Gasteiger partial charge in [0.15, 0.2) is 0 Å². The number of halogens is 1. The second-order valence-electron chi connectivity index (χ2n) is 6.44. The Kier molecular flexibility index (Phi) is 4.54. The maximum Gasteiger partial charge on any atom is 0.137 e. The first-order valence-electron chi connectivity index (χ1n) is 7.06. The third-order valence-corrected chi connectivity index (χ3v) is 5.18. The van der Waals surface area contributed by atoms with Crippen molar-refractivity contribution in [3.05, 3.63) is 35.8 Å². The van der Waals surface area contributed by atoms with Crippen molar-refractivity contribution in [1.29, 1.82) is 0 Å². The zero-order chi connectivity index (χ0) is 15.8. The first kappa shape index (κ1) is 16.2. The number of benzene rings is 1. The number of fused-ring (bicyclic) bond motifs is 1. The highest BCUT2D eigenvalue weighted by Crippen LogP contribution is 2.37.